The Morgan fingerprint density at radius 1 is 1.21 bits per heavy atom. The third-order valence-corrected chi connectivity index (χ3v) is 2.08. The topological polar surface area (TPSA) is 41.6 Å². The van der Waals surface area contributed by atoms with Crippen molar-refractivity contribution in [2.45, 2.75) is 6.92 Å². The van der Waals surface area contributed by atoms with Gasteiger partial charge in [-0.2, -0.15) is 0 Å². The minimum absolute atomic E-state index is 0.628. The van der Waals surface area contributed by atoms with Gasteiger partial charge in [0.15, 0.2) is 0 Å². The van der Waals surface area contributed by atoms with Gasteiger partial charge in [0.2, 0.25) is 0 Å². The lowest BCUT2D eigenvalue weighted by Gasteiger charge is -2.00. The monoisotopic (exact) mass is 203 g/mol. The molecule has 0 bridgehead atoms. The predicted molar refractivity (Wildman–Crippen MR) is 57.4 cm³/mol. The molecule has 3 nitrogen and oxygen atoms in total. The molecule has 4 heteroatoms. The summed E-state index contributed by atoms with van der Waals surface area (Å²) in [7, 11) is 0. The molecule has 14 heavy (non-hydrogen) atoms. The maximum absolute atomic E-state index is 4.99. The molecule has 2 rings (SSSR count). The summed E-state index contributed by atoms with van der Waals surface area (Å²) in [5.74, 6) is 0. The molecule has 2 aromatic rings. The summed E-state index contributed by atoms with van der Waals surface area (Å²) in [5, 5.41) is 0. The molecular weight excluding hydrogens is 194 g/mol. The summed E-state index contributed by atoms with van der Waals surface area (Å²) in [6, 6.07) is 3.95. The van der Waals surface area contributed by atoms with E-state index in [1.54, 1.807) is 18.6 Å². The van der Waals surface area contributed by atoms with Crippen molar-refractivity contribution in [3.63, 3.8) is 0 Å². The van der Waals surface area contributed by atoms with Crippen molar-refractivity contribution in [1.82, 2.24) is 15.0 Å². The minimum atomic E-state index is 0.628. The Hall–Kier alpha value is -1.55. The van der Waals surface area contributed by atoms with Crippen molar-refractivity contribution in [1.29, 1.82) is 0 Å². The van der Waals surface area contributed by atoms with E-state index >= 15 is 0 Å². The summed E-state index contributed by atoms with van der Waals surface area (Å²) in [5.41, 5.74) is 2.89. The highest BCUT2D eigenvalue weighted by molar-refractivity contribution is 7.71. The highest BCUT2D eigenvalue weighted by Gasteiger charge is 1.97. The second-order valence-corrected chi connectivity index (χ2v) is 3.44. The van der Waals surface area contributed by atoms with Crippen LogP contribution in [0.2, 0.25) is 0 Å². The van der Waals surface area contributed by atoms with Crippen LogP contribution >= 0.6 is 12.2 Å². The summed E-state index contributed by atoms with van der Waals surface area (Å²) in [6.45, 7) is 1.95. The normalized spacial score (nSPS) is 10.1. The number of hydrogen-bond acceptors (Lipinski definition) is 3. The van der Waals surface area contributed by atoms with Gasteiger partial charge < -0.3 is 4.98 Å². The number of pyridine rings is 1. The molecule has 0 unspecified atom stereocenters. The fourth-order valence-electron chi connectivity index (χ4n) is 1.15. The number of nitrogens with zero attached hydrogens (tertiary/aromatic N) is 2. The summed E-state index contributed by atoms with van der Waals surface area (Å²) >= 11 is 4.99. The number of nitrogens with one attached hydrogen (secondary N) is 1. The molecule has 2 aromatic heterocycles. The lowest BCUT2D eigenvalue weighted by molar-refractivity contribution is 1.16. The number of rotatable bonds is 1. The molecule has 0 radical (unpaired) electrons. The first-order chi connectivity index (χ1) is 6.75. The highest BCUT2D eigenvalue weighted by atomic mass is 32.1. The smallest absolute Gasteiger partial charge is 0.122 e. The largest absolute Gasteiger partial charge is 0.344 e. The Bertz CT molecular complexity index is 487. The Balaban J connectivity index is 2.50. The van der Waals surface area contributed by atoms with Crippen LogP contribution in [0, 0.1) is 11.6 Å². The number of hydrogen-bond donors (Lipinski definition) is 1. The summed E-state index contributed by atoms with van der Waals surface area (Å²) in [4.78, 5) is 11.3. The van der Waals surface area contributed by atoms with Gasteiger partial charge in [-0.25, -0.2) is 0 Å². The van der Waals surface area contributed by atoms with E-state index in [4.69, 9.17) is 12.2 Å². The van der Waals surface area contributed by atoms with Gasteiger partial charge in [-0.3, -0.25) is 9.97 Å². The van der Waals surface area contributed by atoms with Crippen LogP contribution in [0.3, 0.4) is 0 Å². The Morgan fingerprint density at radius 3 is 2.71 bits per heavy atom. The van der Waals surface area contributed by atoms with Gasteiger partial charge in [0.1, 0.15) is 4.64 Å². The number of aromatic amines is 1. The Kier molecular flexibility index (Phi) is 2.37. The van der Waals surface area contributed by atoms with Crippen LogP contribution in [0.1, 0.15) is 5.69 Å². The molecule has 2 heterocycles. The standard InChI is InChI=1S/C10H9N3S/c1-7-2-3-8(4-12-7)9-5-11-6-10(14)13-9/h2-6H,1H3,(H,13,14). The van der Waals surface area contributed by atoms with Crippen LogP contribution in [0.25, 0.3) is 11.3 Å². The van der Waals surface area contributed by atoms with Crippen molar-refractivity contribution >= 4 is 12.2 Å². The number of H-pyrrole nitrogens is 1. The highest BCUT2D eigenvalue weighted by Crippen LogP contribution is 2.13. The van der Waals surface area contributed by atoms with E-state index in [-0.39, 0.29) is 0 Å². The van der Waals surface area contributed by atoms with E-state index in [1.807, 2.05) is 19.1 Å². The quantitative estimate of drug-likeness (QED) is 0.724. The van der Waals surface area contributed by atoms with E-state index < -0.39 is 0 Å². The lowest BCUT2D eigenvalue weighted by atomic mass is 10.2. The first kappa shape index (κ1) is 9.02. The van der Waals surface area contributed by atoms with Crippen molar-refractivity contribution < 1.29 is 0 Å². The van der Waals surface area contributed by atoms with E-state index in [9.17, 15) is 0 Å². The Labute approximate surface area is 86.9 Å². The zero-order valence-electron chi connectivity index (χ0n) is 7.69. The molecule has 1 N–H and O–H groups in total. The van der Waals surface area contributed by atoms with Crippen LogP contribution in [-0.4, -0.2) is 15.0 Å². The Morgan fingerprint density at radius 2 is 2.07 bits per heavy atom. The van der Waals surface area contributed by atoms with Gasteiger partial charge in [0, 0.05) is 17.5 Å². The van der Waals surface area contributed by atoms with Crippen molar-refractivity contribution in [2.24, 2.45) is 0 Å². The third-order valence-electron chi connectivity index (χ3n) is 1.88. The van der Waals surface area contributed by atoms with Crippen LogP contribution in [-0.2, 0) is 0 Å². The second-order valence-electron chi connectivity index (χ2n) is 3.00. The SMILES string of the molecule is Cc1ccc(-c2cncc(=S)[nH]2)cn1. The molecule has 0 amide bonds. The van der Waals surface area contributed by atoms with Gasteiger partial charge in [0.05, 0.1) is 18.1 Å². The van der Waals surface area contributed by atoms with E-state index in [2.05, 4.69) is 15.0 Å². The molecule has 0 aliphatic rings. The molecule has 70 valence electrons. The van der Waals surface area contributed by atoms with Crippen molar-refractivity contribution in [2.75, 3.05) is 0 Å². The number of aromatic nitrogens is 3. The summed E-state index contributed by atoms with van der Waals surface area (Å²) < 4.78 is 0.628. The molecule has 0 saturated heterocycles. The molecule has 0 atom stereocenters. The molecule has 0 fully saturated rings. The molecule has 0 saturated carbocycles. The van der Waals surface area contributed by atoms with Crippen LogP contribution < -0.4 is 0 Å². The van der Waals surface area contributed by atoms with E-state index in [0.29, 0.717) is 4.64 Å². The van der Waals surface area contributed by atoms with Gasteiger partial charge in [-0.15, -0.1) is 0 Å². The zero-order chi connectivity index (χ0) is 9.97. The molecule has 0 aliphatic heterocycles. The molecular formula is C10H9N3S. The maximum atomic E-state index is 4.99. The lowest BCUT2D eigenvalue weighted by Crippen LogP contribution is -1.87. The van der Waals surface area contributed by atoms with Crippen molar-refractivity contribution in [3.05, 3.63) is 41.1 Å². The average molecular weight is 203 g/mol. The fraction of sp³-hybridized carbons (Fsp3) is 0.100. The van der Waals surface area contributed by atoms with Gasteiger partial charge in [0.25, 0.3) is 0 Å². The van der Waals surface area contributed by atoms with Gasteiger partial charge in [-0.1, -0.05) is 12.2 Å². The van der Waals surface area contributed by atoms with Crippen LogP contribution in [0.5, 0.6) is 0 Å². The summed E-state index contributed by atoms with van der Waals surface area (Å²) in [6.07, 6.45) is 5.15. The van der Waals surface area contributed by atoms with Crippen LogP contribution in [0.15, 0.2) is 30.7 Å². The molecule has 0 aliphatic carbocycles. The average Bonchev–Trinajstić information content (AvgIpc) is 2.19. The molecule has 0 aromatic carbocycles. The molecule has 0 spiro atoms. The first-order valence-electron chi connectivity index (χ1n) is 4.23. The van der Waals surface area contributed by atoms with Crippen molar-refractivity contribution in [3.8, 4) is 11.3 Å². The minimum Gasteiger partial charge on any atom is -0.344 e. The maximum Gasteiger partial charge on any atom is 0.122 e. The third kappa shape index (κ3) is 1.85. The van der Waals surface area contributed by atoms with E-state index in [1.165, 1.54) is 0 Å². The van der Waals surface area contributed by atoms with E-state index in [0.717, 1.165) is 17.0 Å². The zero-order valence-corrected chi connectivity index (χ0v) is 8.51. The predicted octanol–water partition coefficient (Wildman–Crippen LogP) is 2.51. The number of aryl methyl sites for hydroxylation is 1. The first-order valence-corrected chi connectivity index (χ1v) is 4.64. The van der Waals surface area contributed by atoms with Gasteiger partial charge >= 0.3 is 0 Å². The fourth-order valence-corrected chi connectivity index (χ4v) is 1.32. The second kappa shape index (κ2) is 3.67. The van der Waals surface area contributed by atoms with Gasteiger partial charge in [-0.05, 0) is 19.1 Å². The van der Waals surface area contributed by atoms with Crippen LogP contribution in [0.4, 0.5) is 0 Å².